The molecular weight excluding hydrogens is 246 g/mol. The van der Waals surface area contributed by atoms with Gasteiger partial charge in [0.1, 0.15) is 0 Å². The standard InChI is InChI=1S/C10H13NO5S/c1-7-2-4-8(5-3-7)17(15,16)11-9(6-12)10(13)14/h2-5,9,11-12H,6H2,1H3,(H,13,14)/p-1/t9-/m1/s1. The maximum atomic E-state index is 11.7. The van der Waals surface area contributed by atoms with Gasteiger partial charge in [-0.1, -0.05) is 17.7 Å². The average molecular weight is 258 g/mol. The van der Waals surface area contributed by atoms with Gasteiger partial charge >= 0.3 is 0 Å². The molecule has 0 aliphatic rings. The van der Waals surface area contributed by atoms with E-state index in [4.69, 9.17) is 5.11 Å². The van der Waals surface area contributed by atoms with Crippen molar-refractivity contribution in [3.63, 3.8) is 0 Å². The van der Waals surface area contributed by atoms with Crippen LogP contribution in [0.5, 0.6) is 0 Å². The quantitative estimate of drug-likeness (QED) is 0.660. The summed E-state index contributed by atoms with van der Waals surface area (Å²) >= 11 is 0. The van der Waals surface area contributed by atoms with Crippen molar-refractivity contribution in [3.05, 3.63) is 29.8 Å². The zero-order chi connectivity index (χ0) is 13.1. The number of carboxylic acids is 1. The van der Waals surface area contributed by atoms with Crippen LogP contribution in [0, 0.1) is 6.92 Å². The van der Waals surface area contributed by atoms with Crippen LogP contribution in [-0.2, 0) is 14.8 Å². The fourth-order valence-electron chi connectivity index (χ4n) is 1.13. The Bertz CT molecular complexity index is 494. The number of aliphatic hydroxyl groups excluding tert-OH is 1. The molecule has 0 bridgehead atoms. The zero-order valence-corrected chi connectivity index (χ0v) is 9.90. The van der Waals surface area contributed by atoms with Gasteiger partial charge in [0.15, 0.2) is 0 Å². The van der Waals surface area contributed by atoms with Gasteiger partial charge in [0.05, 0.1) is 23.5 Å². The molecule has 1 aromatic carbocycles. The summed E-state index contributed by atoms with van der Waals surface area (Å²) in [6.07, 6.45) is 0. The second-order valence-corrected chi connectivity index (χ2v) is 5.20. The fourth-order valence-corrected chi connectivity index (χ4v) is 2.31. The van der Waals surface area contributed by atoms with Crippen molar-refractivity contribution in [2.45, 2.75) is 17.9 Å². The molecule has 0 saturated carbocycles. The van der Waals surface area contributed by atoms with Crippen LogP contribution in [0.3, 0.4) is 0 Å². The highest BCUT2D eigenvalue weighted by atomic mass is 32.2. The number of aliphatic carboxylic acids is 1. The molecule has 0 amide bonds. The van der Waals surface area contributed by atoms with Gasteiger partial charge in [0.2, 0.25) is 10.0 Å². The molecule has 1 atom stereocenters. The zero-order valence-electron chi connectivity index (χ0n) is 9.08. The van der Waals surface area contributed by atoms with E-state index in [2.05, 4.69) is 0 Å². The summed E-state index contributed by atoms with van der Waals surface area (Å²) in [4.78, 5) is 10.4. The molecule has 0 aliphatic heterocycles. The minimum absolute atomic E-state index is 0.0669. The molecule has 0 fully saturated rings. The number of aryl methyl sites for hydroxylation is 1. The molecule has 0 spiro atoms. The largest absolute Gasteiger partial charge is 0.548 e. The van der Waals surface area contributed by atoms with Crippen LogP contribution in [0.2, 0.25) is 0 Å². The molecule has 6 nitrogen and oxygen atoms in total. The normalized spacial score (nSPS) is 13.3. The summed E-state index contributed by atoms with van der Waals surface area (Å²) in [6.45, 7) is 0.926. The van der Waals surface area contributed by atoms with Crippen LogP contribution < -0.4 is 9.83 Å². The summed E-state index contributed by atoms with van der Waals surface area (Å²) < 4.78 is 25.2. The first kappa shape index (κ1) is 13.6. The van der Waals surface area contributed by atoms with Gasteiger partial charge in [-0.05, 0) is 19.1 Å². The van der Waals surface area contributed by atoms with Crippen molar-refractivity contribution in [3.8, 4) is 0 Å². The third kappa shape index (κ3) is 3.52. The summed E-state index contributed by atoms with van der Waals surface area (Å²) in [5.41, 5.74) is 0.877. The molecule has 0 aromatic heterocycles. The van der Waals surface area contributed by atoms with Gasteiger partial charge < -0.3 is 15.0 Å². The number of carboxylic acid groups (broad SMARTS) is 1. The first-order valence-corrected chi connectivity index (χ1v) is 6.26. The summed E-state index contributed by atoms with van der Waals surface area (Å²) in [5, 5.41) is 19.2. The third-order valence-corrected chi connectivity index (χ3v) is 3.58. The van der Waals surface area contributed by atoms with Crippen molar-refractivity contribution in [1.82, 2.24) is 4.72 Å². The Labute approximate surface area is 99.0 Å². The van der Waals surface area contributed by atoms with Crippen LogP contribution in [0.25, 0.3) is 0 Å². The predicted octanol–water partition coefficient (Wildman–Crippen LogP) is -1.62. The number of benzene rings is 1. The molecule has 1 aromatic rings. The highest BCUT2D eigenvalue weighted by Gasteiger charge is 2.19. The van der Waals surface area contributed by atoms with Gasteiger partial charge in [0.25, 0.3) is 0 Å². The van der Waals surface area contributed by atoms with Gasteiger partial charge in [-0.3, -0.25) is 0 Å². The Morgan fingerprint density at radius 2 is 1.94 bits per heavy atom. The first-order chi connectivity index (χ1) is 7.86. The first-order valence-electron chi connectivity index (χ1n) is 4.77. The van der Waals surface area contributed by atoms with Crippen LogP contribution >= 0.6 is 0 Å². The van der Waals surface area contributed by atoms with Crippen molar-refractivity contribution in [2.75, 3.05) is 6.61 Å². The molecule has 1 rings (SSSR count). The summed E-state index contributed by atoms with van der Waals surface area (Å²) in [7, 11) is -3.96. The molecule has 0 saturated heterocycles. The topological polar surface area (TPSA) is 107 Å². The maximum Gasteiger partial charge on any atom is 0.241 e. The lowest BCUT2D eigenvalue weighted by Gasteiger charge is -2.17. The molecule has 0 heterocycles. The number of aliphatic hydroxyl groups is 1. The van der Waals surface area contributed by atoms with Crippen molar-refractivity contribution in [2.24, 2.45) is 0 Å². The van der Waals surface area contributed by atoms with Crippen LogP contribution in [0.4, 0.5) is 0 Å². The Balaban J connectivity index is 2.96. The number of carbonyl (C=O) groups is 1. The van der Waals surface area contributed by atoms with Crippen molar-refractivity contribution >= 4 is 16.0 Å². The van der Waals surface area contributed by atoms with Gasteiger partial charge in [-0.15, -0.1) is 0 Å². The fraction of sp³-hybridized carbons (Fsp3) is 0.300. The van der Waals surface area contributed by atoms with Gasteiger partial charge in [-0.2, -0.15) is 0 Å². The number of hydrogen-bond acceptors (Lipinski definition) is 5. The smallest absolute Gasteiger partial charge is 0.241 e. The Hall–Kier alpha value is -1.44. The lowest BCUT2D eigenvalue weighted by atomic mass is 10.2. The molecule has 0 aliphatic carbocycles. The minimum atomic E-state index is -3.96. The molecule has 0 unspecified atom stereocenters. The second-order valence-electron chi connectivity index (χ2n) is 3.49. The monoisotopic (exact) mass is 258 g/mol. The SMILES string of the molecule is Cc1ccc(S(=O)(=O)N[C@H](CO)C(=O)[O-])cc1. The number of nitrogens with one attached hydrogen (secondary N) is 1. The molecule has 17 heavy (non-hydrogen) atoms. The van der Waals surface area contributed by atoms with E-state index in [9.17, 15) is 18.3 Å². The van der Waals surface area contributed by atoms with Crippen LogP contribution in [0.15, 0.2) is 29.2 Å². The average Bonchev–Trinajstić information content (AvgIpc) is 2.26. The van der Waals surface area contributed by atoms with E-state index >= 15 is 0 Å². The number of rotatable bonds is 5. The highest BCUT2D eigenvalue weighted by molar-refractivity contribution is 7.89. The third-order valence-electron chi connectivity index (χ3n) is 2.10. The van der Waals surface area contributed by atoms with E-state index in [-0.39, 0.29) is 4.90 Å². The summed E-state index contributed by atoms with van der Waals surface area (Å²) in [5.74, 6) is -1.68. The lowest BCUT2D eigenvalue weighted by Crippen LogP contribution is -2.49. The highest BCUT2D eigenvalue weighted by Crippen LogP contribution is 2.10. The molecule has 7 heteroatoms. The van der Waals surface area contributed by atoms with Crippen LogP contribution in [0.1, 0.15) is 5.56 Å². The number of sulfonamides is 1. The Morgan fingerprint density at radius 3 is 2.35 bits per heavy atom. The van der Waals surface area contributed by atoms with Crippen LogP contribution in [-0.4, -0.2) is 32.1 Å². The predicted molar refractivity (Wildman–Crippen MR) is 57.4 cm³/mol. The Kier molecular flexibility index (Phi) is 4.22. The van der Waals surface area contributed by atoms with E-state index in [1.807, 2.05) is 4.72 Å². The van der Waals surface area contributed by atoms with E-state index in [1.165, 1.54) is 12.1 Å². The molecule has 94 valence electrons. The minimum Gasteiger partial charge on any atom is -0.548 e. The number of hydrogen-bond donors (Lipinski definition) is 2. The molecular formula is C10H12NO5S-. The summed E-state index contributed by atoms with van der Waals surface area (Å²) in [6, 6.07) is 4.22. The molecule has 0 radical (unpaired) electrons. The van der Waals surface area contributed by atoms with Crippen molar-refractivity contribution in [1.29, 1.82) is 0 Å². The van der Waals surface area contributed by atoms with E-state index in [0.29, 0.717) is 0 Å². The Morgan fingerprint density at radius 1 is 1.41 bits per heavy atom. The number of carbonyl (C=O) groups excluding carboxylic acids is 1. The van der Waals surface area contributed by atoms with Gasteiger partial charge in [0, 0.05) is 0 Å². The van der Waals surface area contributed by atoms with E-state index in [0.717, 1.165) is 5.56 Å². The van der Waals surface area contributed by atoms with Crippen molar-refractivity contribution < 1.29 is 23.4 Å². The lowest BCUT2D eigenvalue weighted by molar-refractivity contribution is -0.308. The van der Waals surface area contributed by atoms with E-state index in [1.54, 1.807) is 19.1 Å². The second kappa shape index (κ2) is 5.26. The van der Waals surface area contributed by atoms with Gasteiger partial charge in [-0.25, -0.2) is 13.1 Å². The van der Waals surface area contributed by atoms with E-state index < -0.39 is 28.6 Å². The molecule has 2 N–H and O–H groups in total. The maximum absolute atomic E-state index is 11.7.